The van der Waals surface area contributed by atoms with Gasteiger partial charge in [0.15, 0.2) is 5.78 Å². The molecule has 0 unspecified atom stereocenters. The summed E-state index contributed by atoms with van der Waals surface area (Å²) in [7, 11) is 0. The van der Waals surface area contributed by atoms with E-state index in [-0.39, 0.29) is 32.4 Å². The van der Waals surface area contributed by atoms with E-state index in [0.29, 0.717) is 4.47 Å². The Kier molecular flexibility index (Phi) is 6.32. The van der Waals surface area contributed by atoms with Gasteiger partial charge < -0.3 is 5.32 Å². The topological polar surface area (TPSA) is 89.3 Å². The summed E-state index contributed by atoms with van der Waals surface area (Å²) in [5, 5.41) is 14.2. The first-order valence-corrected chi connectivity index (χ1v) is 9.67. The van der Waals surface area contributed by atoms with Crippen LogP contribution in [0.1, 0.15) is 26.3 Å². The first kappa shape index (κ1) is 21.0. The van der Waals surface area contributed by atoms with E-state index >= 15 is 0 Å². The number of nitro groups is 1. The predicted octanol–water partition coefficient (Wildman–Crippen LogP) is 6.15. The van der Waals surface area contributed by atoms with Gasteiger partial charge >= 0.3 is 0 Å². The number of nitro benzene ring substituents is 1. The van der Waals surface area contributed by atoms with E-state index in [1.165, 1.54) is 24.3 Å². The number of halogens is 3. The zero-order chi connectivity index (χ0) is 21.1. The highest BCUT2D eigenvalue weighted by molar-refractivity contribution is 9.10. The van der Waals surface area contributed by atoms with Crippen LogP contribution in [0.2, 0.25) is 10.0 Å². The van der Waals surface area contributed by atoms with Gasteiger partial charge in [-0.25, -0.2) is 0 Å². The molecule has 0 aliphatic carbocycles. The number of anilines is 1. The lowest BCUT2D eigenvalue weighted by Crippen LogP contribution is -2.17. The average molecular weight is 494 g/mol. The van der Waals surface area contributed by atoms with Crippen molar-refractivity contribution in [3.8, 4) is 0 Å². The molecule has 0 saturated heterocycles. The molecule has 9 heteroatoms. The highest BCUT2D eigenvalue weighted by atomic mass is 79.9. The Hall–Kier alpha value is -2.74. The number of benzene rings is 3. The van der Waals surface area contributed by atoms with Crippen molar-refractivity contribution in [2.45, 2.75) is 0 Å². The van der Waals surface area contributed by atoms with E-state index in [2.05, 4.69) is 21.2 Å². The largest absolute Gasteiger partial charge is 0.321 e. The third kappa shape index (κ3) is 4.64. The molecule has 0 bridgehead atoms. The Morgan fingerprint density at radius 2 is 1.66 bits per heavy atom. The molecule has 0 aliphatic rings. The Labute approximate surface area is 183 Å². The van der Waals surface area contributed by atoms with E-state index in [4.69, 9.17) is 23.2 Å². The summed E-state index contributed by atoms with van der Waals surface area (Å²) < 4.78 is 0.611. The number of nitrogens with zero attached hydrogens (tertiary/aromatic N) is 1. The lowest BCUT2D eigenvalue weighted by Gasteiger charge is -2.12. The van der Waals surface area contributed by atoms with Crippen LogP contribution in [0.3, 0.4) is 0 Å². The predicted molar refractivity (Wildman–Crippen MR) is 115 cm³/mol. The van der Waals surface area contributed by atoms with Crippen molar-refractivity contribution in [2.24, 2.45) is 0 Å². The molecule has 0 atom stereocenters. The summed E-state index contributed by atoms with van der Waals surface area (Å²) >= 11 is 15.3. The van der Waals surface area contributed by atoms with Gasteiger partial charge in [0.1, 0.15) is 5.56 Å². The second-order valence-corrected chi connectivity index (χ2v) is 7.63. The Morgan fingerprint density at radius 1 is 0.931 bits per heavy atom. The molecule has 29 heavy (non-hydrogen) atoms. The number of hydrogen-bond donors (Lipinski definition) is 1. The molecular weight excluding hydrogens is 483 g/mol. The molecule has 6 nitrogen and oxygen atoms in total. The minimum Gasteiger partial charge on any atom is -0.321 e. The van der Waals surface area contributed by atoms with Crippen molar-refractivity contribution in [1.82, 2.24) is 0 Å². The molecular formula is C20H11BrCl2N2O4. The number of rotatable bonds is 5. The zero-order valence-corrected chi connectivity index (χ0v) is 17.6. The van der Waals surface area contributed by atoms with E-state index in [0.717, 1.165) is 6.07 Å². The summed E-state index contributed by atoms with van der Waals surface area (Å²) in [6, 6.07) is 14.9. The average Bonchev–Trinajstić information content (AvgIpc) is 2.68. The smallest absolute Gasteiger partial charge is 0.282 e. The molecule has 0 heterocycles. The maximum Gasteiger partial charge on any atom is 0.282 e. The summed E-state index contributed by atoms with van der Waals surface area (Å²) in [4.78, 5) is 36.3. The Balaban J connectivity index is 2.02. The fraction of sp³-hybridized carbons (Fsp3) is 0. The van der Waals surface area contributed by atoms with Crippen molar-refractivity contribution in [3.63, 3.8) is 0 Å². The second kappa shape index (κ2) is 8.73. The first-order valence-electron chi connectivity index (χ1n) is 8.12. The molecule has 0 aliphatic heterocycles. The van der Waals surface area contributed by atoms with Crippen molar-refractivity contribution in [1.29, 1.82) is 0 Å². The fourth-order valence-electron chi connectivity index (χ4n) is 2.64. The maximum atomic E-state index is 13.0. The van der Waals surface area contributed by atoms with Gasteiger partial charge in [-0.3, -0.25) is 19.7 Å². The third-order valence-corrected chi connectivity index (χ3v) is 5.05. The van der Waals surface area contributed by atoms with Gasteiger partial charge in [0.2, 0.25) is 0 Å². The molecule has 1 N–H and O–H groups in total. The first-order chi connectivity index (χ1) is 13.8. The highest BCUT2D eigenvalue weighted by Gasteiger charge is 2.23. The molecule has 3 aromatic carbocycles. The van der Waals surface area contributed by atoms with E-state index in [1.807, 2.05) is 0 Å². The molecule has 3 aromatic rings. The van der Waals surface area contributed by atoms with Crippen LogP contribution in [-0.2, 0) is 0 Å². The van der Waals surface area contributed by atoms with Crippen molar-refractivity contribution in [3.05, 3.63) is 102 Å². The second-order valence-electron chi connectivity index (χ2n) is 5.87. The third-order valence-electron chi connectivity index (χ3n) is 3.99. The molecule has 146 valence electrons. The molecule has 0 fully saturated rings. The molecule has 0 spiro atoms. The highest BCUT2D eigenvalue weighted by Crippen LogP contribution is 2.29. The molecule has 0 saturated carbocycles. The normalized spacial score (nSPS) is 10.4. The SMILES string of the molecule is O=C(c1ccccc1Cl)c1cc(Br)ccc1NC(=O)c1cc(Cl)ccc1[N+](=O)[O-]. The summed E-state index contributed by atoms with van der Waals surface area (Å²) in [6.45, 7) is 0. The number of carbonyl (C=O) groups is 2. The van der Waals surface area contributed by atoms with Gasteiger partial charge in [-0.1, -0.05) is 51.3 Å². The molecule has 0 aromatic heterocycles. The molecule has 0 radical (unpaired) electrons. The van der Waals surface area contributed by atoms with Crippen LogP contribution >= 0.6 is 39.1 Å². The van der Waals surface area contributed by atoms with Crippen LogP contribution in [0.15, 0.2) is 65.1 Å². The maximum absolute atomic E-state index is 13.0. The van der Waals surface area contributed by atoms with Crippen LogP contribution in [0, 0.1) is 10.1 Å². The number of hydrogen-bond acceptors (Lipinski definition) is 4. The van der Waals surface area contributed by atoms with Gasteiger partial charge in [0.25, 0.3) is 11.6 Å². The van der Waals surface area contributed by atoms with Crippen LogP contribution in [0.4, 0.5) is 11.4 Å². The van der Waals surface area contributed by atoms with Crippen molar-refractivity contribution >= 4 is 62.2 Å². The summed E-state index contributed by atoms with van der Waals surface area (Å²) in [6.07, 6.45) is 0. The lowest BCUT2D eigenvalue weighted by atomic mass is 10.0. The number of amides is 1. The van der Waals surface area contributed by atoms with E-state index in [9.17, 15) is 19.7 Å². The zero-order valence-electron chi connectivity index (χ0n) is 14.5. The van der Waals surface area contributed by atoms with Gasteiger partial charge in [-0.2, -0.15) is 0 Å². The van der Waals surface area contributed by atoms with Crippen LogP contribution in [-0.4, -0.2) is 16.6 Å². The van der Waals surface area contributed by atoms with Crippen LogP contribution < -0.4 is 5.32 Å². The van der Waals surface area contributed by atoms with Gasteiger partial charge in [-0.05, 0) is 42.5 Å². The van der Waals surface area contributed by atoms with Crippen LogP contribution in [0.5, 0.6) is 0 Å². The van der Waals surface area contributed by atoms with Crippen molar-refractivity contribution < 1.29 is 14.5 Å². The number of ketones is 1. The number of carbonyl (C=O) groups excluding carboxylic acids is 2. The van der Waals surface area contributed by atoms with Crippen LogP contribution in [0.25, 0.3) is 0 Å². The summed E-state index contributed by atoms with van der Waals surface area (Å²) in [5.74, 6) is -1.18. The Bertz CT molecular complexity index is 1150. The number of nitrogens with one attached hydrogen (secondary N) is 1. The van der Waals surface area contributed by atoms with E-state index in [1.54, 1.807) is 30.3 Å². The monoisotopic (exact) mass is 492 g/mol. The van der Waals surface area contributed by atoms with Crippen molar-refractivity contribution in [2.75, 3.05) is 5.32 Å². The Morgan fingerprint density at radius 3 is 2.34 bits per heavy atom. The minimum absolute atomic E-state index is 0.170. The lowest BCUT2D eigenvalue weighted by molar-refractivity contribution is -0.385. The minimum atomic E-state index is -0.769. The molecule has 3 rings (SSSR count). The van der Waals surface area contributed by atoms with Gasteiger partial charge in [-0.15, -0.1) is 0 Å². The standard InChI is InChI=1S/C20H11BrCl2N2O4/c21-11-5-7-17(14(9-11)19(26)13-3-1-2-4-16(13)23)24-20(27)15-10-12(22)6-8-18(15)25(28)29/h1-10H,(H,24,27). The van der Waals surface area contributed by atoms with E-state index < -0.39 is 22.3 Å². The van der Waals surface area contributed by atoms with Gasteiger partial charge in [0.05, 0.1) is 15.6 Å². The quantitative estimate of drug-likeness (QED) is 0.262. The fourth-order valence-corrected chi connectivity index (χ4v) is 3.40. The molecule has 1 amide bonds. The summed E-state index contributed by atoms with van der Waals surface area (Å²) in [5.41, 5.74) is -0.0102. The van der Waals surface area contributed by atoms with Gasteiger partial charge in [0, 0.05) is 26.7 Å².